The second kappa shape index (κ2) is 7.38. The van der Waals surface area contributed by atoms with Gasteiger partial charge in [-0.25, -0.2) is 4.98 Å². The van der Waals surface area contributed by atoms with Gasteiger partial charge in [-0.2, -0.15) is 0 Å². The third-order valence-electron chi connectivity index (χ3n) is 3.09. The van der Waals surface area contributed by atoms with E-state index in [1.165, 1.54) is 0 Å². The first-order valence-electron chi connectivity index (χ1n) is 7.42. The Kier molecular flexibility index (Phi) is 5.65. The Morgan fingerprint density at radius 3 is 2.68 bits per heavy atom. The molecule has 0 spiro atoms. The molecule has 134 valence electrons. The molecule has 0 radical (unpaired) electrons. The Labute approximate surface area is 157 Å². The van der Waals surface area contributed by atoms with Gasteiger partial charge in [0.1, 0.15) is 29.1 Å². The summed E-state index contributed by atoms with van der Waals surface area (Å²) in [5.74, 6) is -1.99. The molecular weight excluding hydrogens is 441 g/mol. The predicted molar refractivity (Wildman–Crippen MR) is 99.9 cm³/mol. The molecule has 0 atom stereocenters. The summed E-state index contributed by atoms with van der Waals surface area (Å²) in [7, 11) is 0. The van der Waals surface area contributed by atoms with Crippen LogP contribution >= 0.6 is 22.6 Å². The first-order chi connectivity index (χ1) is 11.6. The standard InChI is InChI=1S/C16H18IN3O5/c1-16(2,3)25-10(21)7-19-14(23)11-12(22)9-4-8(5-17)6-18-13(9)20-15(11)24/h4,6H,5,7H2,1-3H3,(H,19,23)(H2,18,20,22,24). The molecule has 2 aromatic rings. The molecule has 0 aromatic carbocycles. The van der Waals surface area contributed by atoms with Crippen LogP contribution in [-0.2, 0) is 14.0 Å². The summed E-state index contributed by atoms with van der Waals surface area (Å²) in [5.41, 5.74) is -0.938. The fourth-order valence-corrected chi connectivity index (χ4v) is 2.52. The van der Waals surface area contributed by atoms with Crippen LogP contribution in [0.3, 0.4) is 0 Å². The predicted octanol–water partition coefficient (Wildman–Crippen LogP) is 1.64. The topological polar surface area (TPSA) is 121 Å². The number of esters is 1. The normalized spacial score (nSPS) is 11.4. The van der Waals surface area contributed by atoms with Crippen molar-refractivity contribution in [1.29, 1.82) is 0 Å². The van der Waals surface area contributed by atoms with Crippen LogP contribution in [0, 0.1) is 0 Å². The number of aromatic amines is 1. The summed E-state index contributed by atoms with van der Waals surface area (Å²) < 4.78 is 5.72. The summed E-state index contributed by atoms with van der Waals surface area (Å²) in [6, 6.07) is 1.64. The molecule has 3 N–H and O–H groups in total. The minimum Gasteiger partial charge on any atom is -0.506 e. The monoisotopic (exact) mass is 459 g/mol. The number of alkyl halides is 1. The van der Waals surface area contributed by atoms with Crippen LogP contribution in [0.4, 0.5) is 0 Å². The smallest absolute Gasteiger partial charge is 0.325 e. The average Bonchev–Trinajstić information content (AvgIpc) is 2.51. The molecule has 25 heavy (non-hydrogen) atoms. The maximum atomic E-state index is 12.2. The zero-order valence-corrected chi connectivity index (χ0v) is 16.1. The van der Waals surface area contributed by atoms with Gasteiger partial charge in [0.25, 0.3) is 11.5 Å². The summed E-state index contributed by atoms with van der Waals surface area (Å²) in [6.07, 6.45) is 1.58. The number of ether oxygens (including phenoxy) is 1. The van der Waals surface area contributed by atoms with Crippen molar-refractivity contribution < 1.29 is 19.4 Å². The summed E-state index contributed by atoms with van der Waals surface area (Å²) in [4.78, 5) is 42.5. The van der Waals surface area contributed by atoms with Gasteiger partial charge in [-0.3, -0.25) is 14.4 Å². The number of nitrogens with zero attached hydrogens (tertiary/aromatic N) is 1. The van der Waals surface area contributed by atoms with Crippen LogP contribution in [0.2, 0.25) is 0 Å². The van der Waals surface area contributed by atoms with Crippen LogP contribution in [0.25, 0.3) is 11.0 Å². The van der Waals surface area contributed by atoms with E-state index in [9.17, 15) is 19.5 Å². The summed E-state index contributed by atoms with van der Waals surface area (Å²) >= 11 is 2.13. The fourth-order valence-electron chi connectivity index (χ4n) is 2.10. The molecule has 0 unspecified atom stereocenters. The first kappa shape index (κ1) is 19.2. The van der Waals surface area contributed by atoms with Crippen molar-refractivity contribution in [3.8, 4) is 5.75 Å². The van der Waals surface area contributed by atoms with Crippen molar-refractivity contribution >= 4 is 45.5 Å². The van der Waals surface area contributed by atoms with Crippen molar-refractivity contribution in [2.75, 3.05) is 6.54 Å². The van der Waals surface area contributed by atoms with E-state index in [-0.39, 0.29) is 11.0 Å². The Morgan fingerprint density at radius 2 is 2.08 bits per heavy atom. The van der Waals surface area contributed by atoms with Crippen LogP contribution in [-0.4, -0.2) is 39.1 Å². The summed E-state index contributed by atoms with van der Waals surface area (Å²) in [6.45, 7) is 4.68. The van der Waals surface area contributed by atoms with Crippen LogP contribution < -0.4 is 10.9 Å². The lowest BCUT2D eigenvalue weighted by atomic mass is 10.1. The third kappa shape index (κ3) is 4.68. The van der Waals surface area contributed by atoms with Gasteiger partial charge in [-0.1, -0.05) is 22.6 Å². The highest BCUT2D eigenvalue weighted by atomic mass is 127. The number of aromatic nitrogens is 2. The number of pyridine rings is 2. The van der Waals surface area contributed by atoms with E-state index in [2.05, 4.69) is 37.9 Å². The van der Waals surface area contributed by atoms with E-state index >= 15 is 0 Å². The molecule has 0 saturated heterocycles. The maximum Gasteiger partial charge on any atom is 0.325 e. The minimum absolute atomic E-state index is 0.180. The van der Waals surface area contributed by atoms with Gasteiger partial charge in [0.2, 0.25) is 0 Å². The number of nitrogens with one attached hydrogen (secondary N) is 2. The molecule has 0 aliphatic carbocycles. The highest BCUT2D eigenvalue weighted by Crippen LogP contribution is 2.25. The number of carbonyl (C=O) groups is 2. The molecule has 1 amide bonds. The molecule has 2 aromatic heterocycles. The largest absolute Gasteiger partial charge is 0.506 e. The quantitative estimate of drug-likeness (QED) is 0.363. The molecule has 2 heterocycles. The lowest BCUT2D eigenvalue weighted by molar-refractivity contribution is -0.153. The van der Waals surface area contributed by atoms with Crippen LogP contribution in [0.15, 0.2) is 17.1 Å². The van der Waals surface area contributed by atoms with Crippen LogP contribution in [0.1, 0.15) is 36.7 Å². The van der Waals surface area contributed by atoms with Crippen molar-refractivity contribution in [1.82, 2.24) is 15.3 Å². The van der Waals surface area contributed by atoms with Gasteiger partial charge in [0, 0.05) is 10.6 Å². The van der Waals surface area contributed by atoms with E-state index in [0.717, 1.165) is 5.56 Å². The number of hydrogen-bond donors (Lipinski definition) is 3. The maximum absolute atomic E-state index is 12.2. The molecule has 2 rings (SSSR count). The van der Waals surface area contributed by atoms with Crippen molar-refractivity contribution in [3.05, 3.63) is 33.7 Å². The highest BCUT2D eigenvalue weighted by molar-refractivity contribution is 14.1. The number of carbonyl (C=O) groups excluding carboxylic acids is 2. The minimum atomic E-state index is -0.869. The first-order valence-corrected chi connectivity index (χ1v) is 8.95. The second-order valence-electron chi connectivity index (χ2n) is 6.32. The van der Waals surface area contributed by atoms with Gasteiger partial charge >= 0.3 is 5.97 Å². The Morgan fingerprint density at radius 1 is 1.40 bits per heavy atom. The lowest BCUT2D eigenvalue weighted by Gasteiger charge is -2.19. The van der Waals surface area contributed by atoms with E-state index in [0.29, 0.717) is 4.43 Å². The van der Waals surface area contributed by atoms with E-state index in [1.807, 2.05) is 0 Å². The van der Waals surface area contributed by atoms with E-state index < -0.39 is 40.9 Å². The number of aromatic hydroxyl groups is 1. The Hall–Kier alpha value is -2.17. The molecule has 0 bridgehead atoms. The molecule has 0 aliphatic heterocycles. The number of H-pyrrole nitrogens is 1. The molecular formula is C16H18IN3O5. The van der Waals surface area contributed by atoms with Crippen LogP contribution in [0.5, 0.6) is 5.75 Å². The zero-order chi connectivity index (χ0) is 18.8. The van der Waals surface area contributed by atoms with Crippen molar-refractivity contribution in [2.24, 2.45) is 0 Å². The van der Waals surface area contributed by atoms with Gasteiger partial charge < -0.3 is 20.1 Å². The fraction of sp³-hybridized carbons (Fsp3) is 0.375. The van der Waals surface area contributed by atoms with Gasteiger partial charge in [-0.05, 0) is 32.4 Å². The lowest BCUT2D eigenvalue weighted by Crippen LogP contribution is -2.36. The molecule has 0 saturated carbocycles. The number of fused-ring (bicyclic) bond motifs is 1. The van der Waals surface area contributed by atoms with Gasteiger partial charge in [-0.15, -0.1) is 0 Å². The second-order valence-corrected chi connectivity index (χ2v) is 7.08. The molecule has 0 aliphatic rings. The van der Waals surface area contributed by atoms with Crippen molar-refractivity contribution in [2.45, 2.75) is 30.8 Å². The molecule has 9 heteroatoms. The number of amides is 1. The average molecular weight is 459 g/mol. The van der Waals surface area contributed by atoms with E-state index in [4.69, 9.17) is 4.74 Å². The third-order valence-corrected chi connectivity index (χ3v) is 3.97. The zero-order valence-electron chi connectivity index (χ0n) is 14.0. The Bertz CT molecular complexity index is 886. The van der Waals surface area contributed by atoms with Gasteiger partial charge in [0.05, 0.1) is 5.39 Å². The SMILES string of the molecule is CC(C)(C)OC(=O)CNC(=O)c1c(O)c2cc(CI)cnc2[nH]c1=O. The number of rotatable bonds is 4. The number of halogens is 1. The molecule has 8 nitrogen and oxygen atoms in total. The van der Waals surface area contributed by atoms with Crippen molar-refractivity contribution in [3.63, 3.8) is 0 Å². The summed E-state index contributed by atoms with van der Waals surface area (Å²) in [5, 5.41) is 12.9. The Balaban J connectivity index is 2.29. The van der Waals surface area contributed by atoms with Gasteiger partial charge in [0.15, 0.2) is 0 Å². The number of hydrogen-bond acceptors (Lipinski definition) is 6. The van der Waals surface area contributed by atoms with E-state index in [1.54, 1.807) is 33.0 Å². The highest BCUT2D eigenvalue weighted by Gasteiger charge is 2.22. The molecule has 0 fully saturated rings.